The summed E-state index contributed by atoms with van der Waals surface area (Å²) < 4.78 is 9.69. The van der Waals surface area contributed by atoms with Gasteiger partial charge in [-0.05, 0) is 12.1 Å². The number of hydrogen-bond donors (Lipinski definition) is 1. The molecule has 78 valence electrons. The van der Waals surface area contributed by atoms with Crippen molar-refractivity contribution >= 4 is 28.1 Å². The third-order valence-electron chi connectivity index (χ3n) is 2.09. The lowest BCUT2D eigenvalue weighted by molar-refractivity contribution is 0.289. The second kappa shape index (κ2) is 3.47. The molecule has 0 saturated heterocycles. The Morgan fingerprint density at radius 1 is 1.47 bits per heavy atom. The first-order chi connectivity index (χ1) is 7.15. The highest BCUT2D eigenvalue weighted by molar-refractivity contribution is 6.37. The fourth-order valence-corrected chi connectivity index (χ4v) is 1.73. The van der Waals surface area contributed by atoms with Gasteiger partial charge < -0.3 is 14.9 Å². The highest BCUT2D eigenvalue weighted by atomic mass is 35.5. The average molecular weight is 226 g/mol. The van der Waals surface area contributed by atoms with Crippen LogP contribution >= 0.6 is 11.6 Å². The van der Waals surface area contributed by atoms with Gasteiger partial charge in [0.1, 0.15) is 5.02 Å². The van der Waals surface area contributed by atoms with Crippen molar-refractivity contribution in [1.82, 2.24) is 0 Å². The fraction of sp³-hybridized carbons (Fsp3) is 0.100. The summed E-state index contributed by atoms with van der Waals surface area (Å²) in [6.07, 6.45) is 0. The van der Waals surface area contributed by atoms with E-state index in [2.05, 4.69) is 0 Å². The SMILES string of the molecule is COc1oc(=O)c2cccc(N)c2c1Cl. The van der Waals surface area contributed by atoms with E-state index in [-0.39, 0.29) is 11.0 Å². The summed E-state index contributed by atoms with van der Waals surface area (Å²) in [6.45, 7) is 0. The van der Waals surface area contributed by atoms with Crippen LogP contribution in [0.15, 0.2) is 27.4 Å². The van der Waals surface area contributed by atoms with Crippen molar-refractivity contribution in [3.05, 3.63) is 33.6 Å². The molecule has 0 aliphatic heterocycles. The number of ether oxygens (including phenoxy) is 1. The number of benzene rings is 1. The number of fused-ring (bicyclic) bond motifs is 1. The molecule has 0 fully saturated rings. The normalized spacial score (nSPS) is 10.5. The average Bonchev–Trinajstić information content (AvgIpc) is 2.23. The molecule has 2 aromatic rings. The van der Waals surface area contributed by atoms with Crippen molar-refractivity contribution in [2.24, 2.45) is 0 Å². The lowest BCUT2D eigenvalue weighted by Crippen LogP contribution is -2.03. The number of nitrogen functional groups attached to an aromatic ring is 1. The molecular formula is C10H8ClNO3. The molecule has 15 heavy (non-hydrogen) atoms. The molecule has 4 nitrogen and oxygen atoms in total. The lowest BCUT2D eigenvalue weighted by Gasteiger charge is -2.05. The minimum absolute atomic E-state index is 0.0212. The standard InChI is InChI=1S/C10H8ClNO3/c1-14-10-8(11)7-5(9(13)15-10)3-2-4-6(7)12/h2-4H,12H2,1H3. The van der Waals surface area contributed by atoms with Gasteiger partial charge in [0, 0.05) is 11.1 Å². The van der Waals surface area contributed by atoms with Crippen LogP contribution in [-0.4, -0.2) is 7.11 Å². The molecule has 0 radical (unpaired) electrons. The Morgan fingerprint density at radius 3 is 2.87 bits per heavy atom. The molecule has 2 N–H and O–H groups in total. The van der Waals surface area contributed by atoms with Gasteiger partial charge in [-0.2, -0.15) is 0 Å². The zero-order chi connectivity index (χ0) is 11.0. The maximum Gasteiger partial charge on any atom is 0.346 e. The number of methoxy groups -OCH3 is 1. The molecule has 1 aromatic heterocycles. The van der Waals surface area contributed by atoms with Crippen LogP contribution in [0.3, 0.4) is 0 Å². The highest BCUT2D eigenvalue weighted by Gasteiger charge is 2.14. The van der Waals surface area contributed by atoms with Crippen molar-refractivity contribution in [3.63, 3.8) is 0 Å². The largest absolute Gasteiger partial charge is 0.467 e. The van der Waals surface area contributed by atoms with E-state index in [4.69, 9.17) is 26.5 Å². The van der Waals surface area contributed by atoms with Crippen LogP contribution in [0.1, 0.15) is 0 Å². The van der Waals surface area contributed by atoms with E-state index in [1.165, 1.54) is 7.11 Å². The topological polar surface area (TPSA) is 65.5 Å². The third-order valence-corrected chi connectivity index (χ3v) is 2.43. The Balaban J connectivity index is 3.01. The molecular weight excluding hydrogens is 218 g/mol. The second-order valence-corrected chi connectivity index (χ2v) is 3.34. The zero-order valence-corrected chi connectivity index (χ0v) is 8.67. The number of hydrogen-bond acceptors (Lipinski definition) is 4. The van der Waals surface area contributed by atoms with Crippen LogP contribution in [0.2, 0.25) is 5.02 Å². The van der Waals surface area contributed by atoms with Gasteiger partial charge in [-0.25, -0.2) is 4.79 Å². The van der Waals surface area contributed by atoms with E-state index in [9.17, 15) is 4.79 Å². The van der Waals surface area contributed by atoms with E-state index in [0.29, 0.717) is 16.5 Å². The number of rotatable bonds is 1. The second-order valence-electron chi connectivity index (χ2n) is 2.96. The Bertz CT molecular complexity index is 577. The number of nitrogens with two attached hydrogens (primary N) is 1. The first-order valence-corrected chi connectivity index (χ1v) is 4.57. The van der Waals surface area contributed by atoms with Gasteiger partial charge in [-0.1, -0.05) is 17.7 Å². The first kappa shape index (κ1) is 9.86. The van der Waals surface area contributed by atoms with Gasteiger partial charge in [-0.15, -0.1) is 0 Å². The minimum Gasteiger partial charge on any atom is -0.467 e. The smallest absolute Gasteiger partial charge is 0.346 e. The molecule has 0 spiro atoms. The zero-order valence-electron chi connectivity index (χ0n) is 7.91. The van der Waals surface area contributed by atoms with Crippen molar-refractivity contribution in [1.29, 1.82) is 0 Å². The summed E-state index contributed by atoms with van der Waals surface area (Å²) >= 11 is 5.98. The van der Waals surface area contributed by atoms with Crippen molar-refractivity contribution < 1.29 is 9.15 Å². The molecule has 0 aliphatic rings. The minimum atomic E-state index is -0.515. The first-order valence-electron chi connectivity index (χ1n) is 4.20. The summed E-state index contributed by atoms with van der Waals surface area (Å²) in [5.41, 5.74) is 5.63. The molecule has 0 aliphatic carbocycles. The fourth-order valence-electron chi connectivity index (χ4n) is 1.40. The Labute approximate surface area is 90.2 Å². The van der Waals surface area contributed by atoms with Gasteiger partial charge >= 0.3 is 11.6 Å². The Morgan fingerprint density at radius 2 is 2.20 bits per heavy atom. The third kappa shape index (κ3) is 1.43. The van der Waals surface area contributed by atoms with Crippen molar-refractivity contribution in [3.8, 4) is 5.95 Å². The summed E-state index contributed by atoms with van der Waals surface area (Å²) in [4.78, 5) is 11.5. The summed E-state index contributed by atoms with van der Waals surface area (Å²) in [6, 6.07) is 4.92. The van der Waals surface area contributed by atoms with E-state index < -0.39 is 5.63 Å². The van der Waals surface area contributed by atoms with Crippen molar-refractivity contribution in [2.75, 3.05) is 12.8 Å². The van der Waals surface area contributed by atoms with Gasteiger partial charge in [0.25, 0.3) is 0 Å². The number of halogens is 1. The predicted octanol–water partition coefficient (Wildman–Crippen LogP) is 2.04. The summed E-state index contributed by atoms with van der Waals surface area (Å²) in [5, 5.41) is 1.03. The van der Waals surface area contributed by atoms with Crippen LogP contribution in [0.4, 0.5) is 5.69 Å². The quantitative estimate of drug-likeness (QED) is 0.755. The van der Waals surface area contributed by atoms with Crippen LogP contribution in [0.5, 0.6) is 5.95 Å². The predicted molar refractivity (Wildman–Crippen MR) is 58.5 cm³/mol. The monoisotopic (exact) mass is 225 g/mol. The van der Waals surface area contributed by atoms with Crippen LogP contribution in [0, 0.1) is 0 Å². The molecule has 1 aromatic carbocycles. The molecule has 5 heteroatoms. The highest BCUT2D eigenvalue weighted by Crippen LogP contribution is 2.33. The van der Waals surface area contributed by atoms with Crippen molar-refractivity contribution in [2.45, 2.75) is 0 Å². The van der Waals surface area contributed by atoms with Crippen LogP contribution in [0.25, 0.3) is 10.8 Å². The van der Waals surface area contributed by atoms with Crippen LogP contribution in [-0.2, 0) is 0 Å². The summed E-state index contributed by atoms with van der Waals surface area (Å²) in [7, 11) is 1.37. The molecule has 0 amide bonds. The molecule has 0 atom stereocenters. The van der Waals surface area contributed by atoms with Crippen LogP contribution < -0.4 is 16.1 Å². The van der Waals surface area contributed by atoms with E-state index >= 15 is 0 Å². The molecule has 1 heterocycles. The Kier molecular flexibility index (Phi) is 2.28. The summed E-state index contributed by atoms with van der Waals surface area (Å²) in [5.74, 6) is -0.0212. The van der Waals surface area contributed by atoms with E-state index in [1.807, 2.05) is 0 Å². The molecule has 0 unspecified atom stereocenters. The molecule has 2 rings (SSSR count). The van der Waals surface area contributed by atoms with Gasteiger partial charge in [0.15, 0.2) is 0 Å². The maximum atomic E-state index is 11.5. The Hall–Kier alpha value is -1.68. The maximum absolute atomic E-state index is 11.5. The van der Waals surface area contributed by atoms with Gasteiger partial charge in [-0.3, -0.25) is 0 Å². The van der Waals surface area contributed by atoms with Gasteiger partial charge in [0.05, 0.1) is 12.5 Å². The van der Waals surface area contributed by atoms with E-state index in [1.54, 1.807) is 18.2 Å². The lowest BCUT2D eigenvalue weighted by atomic mass is 10.1. The molecule has 0 bridgehead atoms. The van der Waals surface area contributed by atoms with E-state index in [0.717, 1.165) is 0 Å². The molecule has 0 saturated carbocycles. The van der Waals surface area contributed by atoms with Gasteiger partial charge in [0.2, 0.25) is 0 Å². The number of anilines is 1.